The molecule has 0 bridgehead atoms. The van der Waals surface area contributed by atoms with Gasteiger partial charge >= 0.3 is 0 Å². The van der Waals surface area contributed by atoms with Gasteiger partial charge in [-0.3, -0.25) is 9.78 Å². The van der Waals surface area contributed by atoms with Gasteiger partial charge in [-0.1, -0.05) is 31.2 Å². The van der Waals surface area contributed by atoms with E-state index in [2.05, 4.69) is 34.7 Å². The third kappa shape index (κ3) is 4.97. The highest BCUT2D eigenvalue weighted by Gasteiger charge is 2.17. The Morgan fingerprint density at radius 2 is 1.78 bits per heavy atom. The Balaban J connectivity index is 1.44. The van der Waals surface area contributed by atoms with Gasteiger partial charge in [0, 0.05) is 31.5 Å². The molecule has 0 radical (unpaired) electrons. The zero-order valence-electron chi connectivity index (χ0n) is 18.6. The molecule has 164 valence electrons. The Morgan fingerprint density at radius 3 is 2.53 bits per heavy atom. The number of aryl methyl sites for hydroxylation is 2. The van der Waals surface area contributed by atoms with Crippen LogP contribution in [-0.2, 0) is 19.5 Å². The molecule has 0 N–H and O–H groups in total. The summed E-state index contributed by atoms with van der Waals surface area (Å²) in [7, 11) is 1.80. The first-order chi connectivity index (χ1) is 15.7. The first kappa shape index (κ1) is 21.6. The molecule has 32 heavy (non-hydrogen) atoms. The number of rotatable bonds is 9. The number of carbonyl (C=O) groups is 1. The van der Waals surface area contributed by atoms with E-state index in [0.717, 1.165) is 42.0 Å². The van der Waals surface area contributed by atoms with Crippen LogP contribution >= 0.6 is 0 Å². The fourth-order valence-electron chi connectivity index (χ4n) is 3.73. The molecule has 2 aromatic carbocycles. The number of nitrogens with zero attached hydrogens (tertiary/aromatic N) is 4. The van der Waals surface area contributed by atoms with Crippen LogP contribution in [0.5, 0.6) is 5.75 Å². The smallest absolute Gasteiger partial charge is 0.254 e. The molecule has 6 nitrogen and oxygen atoms in total. The van der Waals surface area contributed by atoms with E-state index < -0.39 is 0 Å². The van der Waals surface area contributed by atoms with Crippen molar-refractivity contribution >= 4 is 16.9 Å². The number of imidazole rings is 1. The van der Waals surface area contributed by atoms with Gasteiger partial charge in [0.05, 0.1) is 24.2 Å². The molecular formula is C26H28N4O2. The number of amides is 1. The number of carbonyl (C=O) groups excluding carboxylic acids is 1. The molecule has 0 unspecified atom stereocenters. The molecule has 1 amide bonds. The van der Waals surface area contributed by atoms with E-state index in [1.807, 2.05) is 30.3 Å². The molecule has 0 atom stereocenters. The van der Waals surface area contributed by atoms with Crippen LogP contribution in [0.15, 0.2) is 73.1 Å². The normalized spacial score (nSPS) is 10.9. The largest absolute Gasteiger partial charge is 0.494 e. The van der Waals surface area contributed by atoms with Gasteiger partial charge in [0.15, 0.2) is 0 Å². The molecule has 0 saturated carbocycles. The minimum absolute atomic E-state index is 0.0511. The Kier molecular flexibility index (Phi) is 6.80. The summed E-state index contributed by atoms with van der Waals surface area (Å²) in [6, 6.07) is 19.8. The maximum Gasteiger partial charge on any atom is 0.254 e. The van der Waals surface area contributed by atoms with Gasteiger partial charge < -0.3 is 14.2 Å². The minimum atomic E-state index is -0.0511. The molecule has 2 heterocycles. The van der Waals surface area contributed by atoms with Gasteiger partial charge in [-0.2, -0.15) is 0 Å². The molecule has 0 aliphatic rings. The number of hydrogen-bond donors (Lipinski definition) is 0. The van der Waals surface area contributed by atoms with Crippen LogP contribution in [0.25, 0.3) is 11.0 Å². The topological polar surface area (TPSA) is 60.2 Å². The summed E-state index contributed by atoms with van der Waals surface area (Å²) in [4.78, 5) is 23.3. The zero-order valence-corrected chi connectivity index (χ0v) is 18.6. The monoisotopic (exact) mass is 428 g/mol. The predicted molar refractivity (Wildman–Crippen MR) is 126 cm³/mol. The lowest BCUT2D eigenvalue weighted by Gasteiger charge is -2.18. The third-order valence-electron chi connectivity index (χ3n) is 5.51. The molecule has 0 fully saturated rings. The minimum Gasteiger partial charge on any atom is -0.494 e. The number of fused-ring (bicyclic) bond motifs is 1. The van der Waals surface area contributed by atoms with Gasteiger partial charge in [0.2, 0.25) is 0 Å². The summed E-state index contributed by atoms with van der Waals surface area (Å²) in [6.07, 6.45) is 5.12. The molecule has 4 aromatic rings. The second kappa shape index (κ2) is 10.1. The zero-order chi connectivity index (χ0) is 22.3. The maximum absolute atomic E-state index is 12.8. The molecular weight excluding hydrogens is 400 g/mol. The van der Waals surface area contributed by atoms with Crippen molar-refractivity contribution in [3.8, 4) is 5.75 Å². The lowest BCUT2D eigenvalue weighted by molar-refractivity contribution is 0.0780. The van der Waals surface area contributed by atoms with E-state index in [-0.39, 0.29) is 5.91 Å². The highest BCUT2D eigenvalue weighted by atomic mass is 16.5. The van der Waals surface area contributed by atoms with Crippen molar-refractivity contribution in [3.63, 3.8) is 0 Å². The van der Waals surface area contributed by atoms with Crippen LogP contribution in [-0.4, -0.2) is 39.0 Å². The number of ether oxygens (including phenoxy) is 1. The van der Waals surface area contributed by atoms with Crippen LogP contribution < -0.4 is 4.74 Å². The Morgan fingerprint density at radius 1 is 1.03 bits per heavy atom. The summed E-state index contributed by atoms with van der Waals surface area (Å²) in [5, 5.41) is 0. The van der Waals surface area contributed by atoms with Crippen molar-refractivity contribution in [2.75, 3.05) is 13.7 Å². The van der Waals surface area contributed by atoms with E-state index in [9.17, 15) is 4.79 Å². The van der Waals surface area contributed by atoms with Crippen LogP contribution in [0.3, 0.4) is 0 Å². The number of aromatic nitrogens is 3. The number of para-hydroxylation sites is 2. The average Bonchev–Trinajstić information content (AvgIpc) is 3.19. The predicted octanol–water partition coefficient (Wildman–Crippen LogP) is 4.74. The maximum atomic E-state index is 12.8. The van der Waals surface area contributed by atoms with Crippen LogP contribution in [0, 0.1) is 0 Å². The lowest BCUT2D eigenvalue weighted by Crippen LogP contribution is -2.28. The highest BCUT2D eigenvalue weighted by molar-refractivity contribution is 5.93. The van der Waals surface area contributed by atoms with Gasteiger partial charge in [0.25, 0.3) is 5.91 Å². The molecule has 0 saturated heterocycles. The summed E-state index contributed by atoms with van der Waals surface area (Å²) < 4.78 is 8.12. The number of benzene rings is 2. The number of hydrogen-bond acceptors (Lipinski definition) is 4. The fraction of sp³-hybridized carbons (Fsp3) is 0.269. The first-order valence-electron chi connectivity index (χ1n) is 11.0. The standard InChI is InChI=1S/C26H28N4O2/c1-3-20-9-11-22(12-10-20)32-18-6-17-30-24-8-5-4-7-23(24)28-25(30)19-29(2)26(31)21-13-15-27-16-14-21/h4-5,7-16H,3,6,17-19H2,1-2H3. The van der Waals surface area contributed by atoms with Crippen molar-refractivity contribution in [2.45, 2.75) is 32.9 Å². The van der Waals surface area contributed by atoms with E-state index in [1.54, 1.807) is 36.5 Å². The Bertz CT molecular complexity index is 1170. The fourth-order valence-corrected chi connectivity index (χ4v) is 3.73. The first-order valence-corrected chi connectivity index (χ1v) is 11.0. The van der Waals surface area contributed by atoms with Gasteiger partial charge in [-0.05, 0) is 54.8 Å². The third-order valence-corrected chi connectivity index (χ3v) is 5.51. The van der Waals surface area contributed by atoms with Crippen molar-refractivity contribution < 1.29 is 9.53 Å². The van der Waals surface area contributed by atoms with Crippen molar-refractivity contribution in [1.82, 2.24) is 19.4 Å². The summed E-state index contributed by atoms with van der Waals surface area (Å²) in [5.41, 5.74) is 3.92. The molecule has 6 heteroatoms. The van der Waals surface area contributed by atoms with E-state index in [4.69, 9.17) is 9.72 Å². The van der Waals surface area contributed by atoms with Crippen molar-refractivity contribution in [1.29, 1.82) is 0 Å². The summed E-state index contributed by atoms with van der Waals surface area (Å²) >= 11 is 0. The molecule has 4 rings (SSSR count). The van der Waals surface area contributed by atoms with Gasteiger partial charge in [0.1, 0.15) is 11.6 Å². The SMILES string of the molecule is CCc1ccc(OCCCn2c(CN(C)C(=O)c3ccncc3)nc3ccccc32)cc1. The molecule has 0 aliphatic heterocycles. The van der Waals surface area contributed by atoms with Crippen LogP contribution in [0.2, 0.25) is 0 Å². The van der Waals surface area contributed by atoms with E-state index in [0.29, 0.717) is 18.7 Å². The average molecular weight is 429 g/mol. The lowest BCUT2D eigenvalue weighted by atomic mass is 10.2. The van der Waals surface area contributed by atoms with Crippen molar-refractivity contribution in [3.05, 3.63) is 90.0 Å². The molecule has 0 aliphatic carbocycles. The Labute approximate surface area is 188 Å². The van der Waals surface area contributed by atoms with Crippen LogP contribution in [0.4, 0.5) is 0 Å². The Hall–Kier alpha value is -3.67. The second-order valence-electron chi connectivity index (χ2n) is 7.77. The molecule has 0 spiro atoms. The van der Waals surface area contributed by atoms with Gasteiger partial charge in [-0.25, -0.2) is 4.98 Å². The second-order valence-corrected chi connectivity index (χ2v) is 7.77. The van der Waals surface area contributed by atoms with Gasteiger partial charge in [-0.15, -0.1) is 0 Å². The van der Waals surface area contributed by atoms with Crippen LogP contribution in [0.1, 0.15) is 35.1 Å². The highest BCUT2D eigenvalue weighted by Crippen LogP contribution is 2.19. The van der Waals surface area contributed by atoms with Crippen molar-refractivity contribution in [2.24, 2.45) is 0 Å². The van der Waals surface area contributed by atoms with E-state index >= 15 is 0 Å². The quantitative estimate of drug-likeness (QED) is 0.362. The number of pyridine rings is 1. The summed E-state index contributed by atoms with van der Waals surface area (Å²) in [5.74, 6) is 1.70. The summed E-state index contributed by atoms with van der Waals surface area (Å²) in [6.45, 7) is 3.95. The van der Waals surface area contributed by atoms with E-state index in [1.165, 1.54) is 5.56 Å². The molecule has 2 aromatic heterocycles.